The molecule has 1 aliphatic heterocycles. The zero-order chi connectivity index (χ0) is 13.7. The van der Waals surface area contributed by atoms with Gasteiger partial charge in [0.2, 0.25) is 5.91 Å². The standard InChI is InChI=1S/C15H23NO2S/c1-12(2)15(17)16(13-6-9-18-10-7-13)8-5-14-4-3-11-19-14/h3-4,11-13H,5-10H2,1-2H3. The van der Waals surface area contributed by atoms with Gasteiger partial charge in [0.1, 0.15) is 0 Å². The molecule has 2 rings (SSSR count). The molecule has 0 spiro atoms. The largest absolute Gasteiger partial charge is 0.381 e. The lowest BCUT2D eigenvalue weighted by Gasteiger charge is -2.35. The van der Waals surface area contributed by atoms with Crippen LogP contribution in [0.3, 0.4) is 0 Å². The highest BCUT2D eigenvalue weighted by atomic mass is 32.1. The summed E-state index contributed by atoms with van der Waals surface area (Å²) in [6.07, 6.45) is 2.92. The van der Waals surface area contributed by atoms with Crippen LogP contribution < -0.4 is 0 Å². The van der Waals surface area contributed by atoms with Gasteiger partial charge in [-0.25, -0.2) is 0 Å². The Morgan fingerprint density at radius 1 is 1.47 bits per heavy atom. The highest BCUT2D eigenvalue weighted by Gasteiger charge is 2.26. The summed E-state index contributed by atoms with van der Waals surface area (Å²) < 4.78 is 5.40. The van der Waals surface area contributed by atoms with Gasteiger partial charge >= 0.3 is 0 Å². The lowest BCUT2D eigenvalue weighted by molar-refractivity contribution is -0.138. The van der Waals surface area contributed by atoms with Crippen molar-refractivity contribution in [3.8, 4) is 0 Å². The molecule has 106 valence electrons. The van der Waals surface area contributed by atoms with Gasteiger partial charge in [0.15, 0.2) is 0 Å². The summed E-state index contributed by atoms with van der Waals surface area (Å²) in [5.74, 6) is 0.356. The van der Waals surface area contributed by atoms with Crippen molar-refractivity contribution >= 4 is 17.2 Å². The number of amides is 1. The lowest BCUT2D eigenvalue weighted by Crippen LogP contribution is -2.46. The highest BCUT2D eigenvalue weighted by Crippen LogP contribution is 2.19. The van der Waals surface area contributed by atoms with Crippen molar-refractivity contribution in [3.63, 3.8) is 0 Å². The molecule has 0 radical (unpaired) electrons. The normalized spacial score (nSPS) is 16.8. The van der Waals surface area contributed by atoms with Crippen molar-refractivity contribution in [2.45, 2.75) is 39.2 Å². The number of thiophene rings is 1. The van der Waals surface area contributed by atoms with E-state index in [2.05, 4.69) is 22.4 Å². The molecule has 19 heavy (non-hydrogen) atoms. The van der Waals surface area contributed by atoms with Crippen LogP contribution in [0.5, 0.6) is 0 Å². The Hall–Kier alpha value is -0.870. The number of carbonyl (C=O) groups is 1. The fourth-order valence-electron chi connectivity index (χ4n) is 2.49. The quantitative estimate of drug-likeness (QED) is 0.830. The molecule has 0 unspecified atom stereocenters. The summed E-state index contributed by atoms with van der Waals surface area (Å²) in [6, 6.07) is 4.58. The lowest BCUT2D eigenvalue weighted by atomic mass is 10.0. The number of nitrogens with zero attached hydrogens (tertiary/aromatic N) is 1. The topological polar surface area (TPSA) is 29.5 Å². The van der Waals surface area contributed by atoms with E-state index in [4.69, 9.17) is 4.74 Å². The summed E-state index contributed by atoms with van der Waals surface area (Å²) in [5, 5.41) is 2.10. The van der Waals surface area contributed by atoms with Gasteiger partial charge < -0.3 is 9.64 Å². The molecule has 1 fully saturated rings. The number of hydrogen-bond donors (Lipinski definition) is 0. The molecular weight excluding hydrogens is 258 g/mol. The minimum Gasteiger partial charge on any atom is -0.381 e. The van der Waals surface area contributed by atoms with E-state index in [0.29, 0.717) is 6.04 Å². The molecule has 0 aromatic carbocycles. The molecule has 0 atom stereocenters. The van der Waals surface area contributed by atoms with Crippen LogP contribution >= 0.6 is 11.3 Å². The van der Waals surface area contributed by atoms with Crippen molar-refractivity contribution in [1.29, 1.82) is 0 Å². The van der Waals surface area contributed by atoms with E-state index >= 15 is 0 Å². The van der Waals surface area contributed by atoms with Crippen LogP contribution in [0.25, 0.3) is 0 Å². The Morgan fingerprint density at radius 3 is 2.79 bits per heavy atom. The van der Waals surface area contributed by atoms with Gasteiger partial charge in [0.25, 0.3) is 0 Å². The smallest absolute Gasteiger partial charge is 0.225 e. The predicted octanol–water partition coefficient (Wildman–Crippen LogP) is 2.95. The van der Waals surface area contributed by atoms with Crippen LogP contribution in [-0.4, -0.2) is 36.6 Å². The van der Waals surface area contributed by atoms with Gasteiger partial charge in [-0.05, 0) is 30.7 Å². The molecule has 1 aromatic rings. The van der Waals surface area contributed by atoms with Gasteiger partial charge in [-0.1, -0.05) is 19.9 Å². The molecular formula is C15H23NO2S. The third-order valence-corrected chi connectivity index (χ3v) is 4.52. The SMILES string of the molecule is CC(C)C(=O)N(CCc1cccs1)C1CCOCC1. The molecule has 1 amide bonds. The third kappa shape index (κ3) is 4.05. The Bertz CT molecular complexity index is 383. The van der Waals surface area contributed by atoms with Crippen LogP contribution in [0, 0.1) is 5.92 Å². The van der Waals surface area contributed by atoms with Crippen molar-refractivity contribution in [2.75, 3.05) is 19.8 Å². The molecule has 3 nitrogen and oxygen atoms in total. The molecule has 0 bridgehead atoms. The van der Waals surface area contributed by atoms with Crippen LogP contribution in [0.15, 0.2) is 17.5 Å². The fraction of sp³-hybridized carbons (Fsp3) is 0.667. The van der Waals surface area contributed by atoms with E-state index in [1.807, 2.05) is 13.8 Å². The summed E-state index contributed by atoms with van der Waals surface area (Å²) >= 11 is 1.77. The summed E-state index contributed by atoms with van der Waals surface area (Å²) in [6.45, 7) is 6.37. The van der Waals surface area contributed by atoms with E-state index in [9.17, 15) is 4.79 Å². The minimum atomic E-state index is 0.0752. The van der Waals surface area contributed by atoms with Crippen LogP contribution in [0.1, 0.15) is 31.6 Å². The Balaban J connectivity index is 1.98. The monoisotopic (exact) mass is 281 g/mol. The van der Waals surface area contributed by atoms with E-state index < -0.39 is 0 Å². The van der Waals surface area contributed by atoms with E-state index in [1.165, 1.54) is 4.88 Å². The van der Waals surface area contributed by atoms with Crippen LogP contribution in [-0.2, 0) is 16.0 Å². The molecule has 1 aliphatic rings. The zero-order valence-electron chi connectivity index (χ0n) is 11.8. The van der Waals surface area contributed by atoms with Gasteiger partial charge in [-0.2, -0.15) is 0 Å². The second-order valence-corrected chi connectivity index (χ2v) is 6.39. The van der Waals surface area contributed by atoms with E-state index in [0.717, 1.165) is 39.0 Å². The maximum atomic E-state index is 12.4. The first-order valence-electron chi connectivity index (χ1n) is 7.09. The molecule has 0 N–H and O–H groups in total. The molecule has 1 saturated heterocycles. The average molecular weight is 281 g/mol. The van der Waals surface area contributed by atoms with Gasteiger partial charge in [0, 0.05) is 36.6 Å². The maximum absolute atomic E-state index is 12.4. The first kappa shape index (κ1) is 14.5. The molecule has 4 heteroatoms. The Kier molecular flexibility index (Phi) is 5.40. The number of rotatable bonds is 5. The molecule has 0 aliphatic carbocycles. The predicted molar refractivity (Wildman–Crippen MR) is 78.4 cm³/mol. The van der Waals surface area contributed by atoms with Crippen molar-refractivity contribution < 1.29 is 9.53 Å². The fourth-order valence-corrected chi connectivity index (χ4v) is 3.18. The number of carbonyl (C=O) groups excluding carboxylic acids is 1. The highest BCUT2D eigenvalue weighted by molar-refractivity contribution is 7.09. The summed E-state index contributed by atoms with van der Waals surface area (Å²) in [7, 11) is 0. The zero-order valence-corrected chi connectivity index (χ0v) is 12.6. The second-order valence-electron chi connectivity index (χ2n) is 5.36. The molecule has 1 aromatic heterocycles. The second kappa shape index (κ2) is 7.06. The van der Waals surface area contributed by atoms with Gasteiger partial charge in [0.05, 0.1) is 0 Å². The number of ether oxygens (including phenoxy) is 1. The molecule has 2 heterocycles. The van der Waals surface area contributed by atoms with Gasteiger partial charge in [-0.3, -0.25) is 4.79 Å². The Morgan fingerprint density at radius 2 is 2.21 bits per heavy atom. The first-order valence-corrected chi connectivity index (χ1v) is 7.97. The van der Waals surface area contributed by atoms with Crippen LogP contribution in [0.4, 0.5) is 0 Å². The average Bonchev–Trinajstić information content (AvgIpc) is 2.93. The Labute approximate surface area is 119 Å². The third-order valence-electron chi connectivity index (χ3n) is 3.59. The van der Waals surface area contributed by atoms with Crippen molar-refractivity contribution in [3.05, 3.63) is 22.4 Å². The van der Waals surface area contributed by atoms with Gasteiger partial charge in [-0.15, -0.1) is 11.3 Å². The molecule has 0 saturated carbocycles. The van der Waals surface area contributed by atoms with E-state index in [1.54, 1.807) is 11.3 Å². The first-order chi connectivity index (χ1) is 9.18. The summed E-state index contributed by atoms with van der Waals surface area (Å²) in [4.78, 5) is 15.8. The minimum absolute atomic E-state index is 0.0752. The summed E-state index contributed by atoms with van der Waals surface area (Å²) in [5.41, 5.74) is 0. The van der Waals surface area contributed by atoms with Crippen LogP contribution in [0.2, 0.25) is 0 Å². The van der Waals surface area contributed by atoms with Crippen molar-refractivity contribution in [2.24, 2.45) is 5.92 Å². The van der Waals surface area contributed by atoms with Crippen molar-refractivity contribution in [1.82, 2.24) is 4.90 Å². The number of hydrogen-bond acceptors (Lipinski definition) is 3. The van der Waals surface area contributed by atoms with E-state index in [-0.39, 0.29) is 11.8 Å². The maximum Gasteiger partial charge on any atom is 0.225 e.